The summed E-state index contributed by atoms with van der Waals surface area (Å²) < 4.78 is 0.773. The predicted octanol–water partition coefficient (Wildman–Crippen LogP) is 3.24. The molecule has 0 saturated heterocycles. The Morgan fingerprint density at radius 1 is 1.44 bits per heavy atom. The van der Waals surface area contributed by atoms with Gasteiger partial charge in [0.15, 0.2) is 0 Å². The van der Waals surface area contributed by atoms with E-state index in [0.29, 0.717) is 23.6 Å². The molecule has 0 aromatic heterocycles. The summed E-state index contributed by atoms with van der Waals surface area (Å²) in [6.45, 7) is 4.62. The van der Waals surface area contributed by atoms with Gasteiger partial charge in [0.2, 0.25) is 0 Å². The second kappa shape index (κ2) is 6.55. The van der Waals surface area contributed by atoms with Crippen LogP contribution in [-0.2, 0) is 0 Å². The Balaban J connectivity index is 2.66. The number of aliphatic hydroxyl groups is 1. The number of hydrogen-bond acceptors (Lipinski definition) is 2. The number of rotatable bonds is 5. The van der Waals surface area contributed by atoms with Crippen molar-refractivity contribution < 1.29 is 9.90 Å². The monoisotopic (exact) mass is 333 g/mol. The predicted molar refractivity (Wildman–Crippen MR) is 77.0 cm³/mol. The first kappa shape index (κ1) is 15.5. The van der Waals surface area contributed by atoms with Crippen molar-refractivity contribution in [1.82, 2.24) is 5.32 Å². The van der Waals surface area contributed by atoms with E-state index >= 15 is 0 Å². The summed E-state index contributed by atoms with van der Waals surface area (Å²) in [7, 11) is 0. The van der Waals surface area contributed by atoms with Crippen molar-refractivity contribution in [3.8, 4) is 0 Å². The summed E-state index contributed by atoms with van der Waals surface area (Å²) in [6.07, 6.45) is 0.645. The van der Waals surface area contributed by atoms with E-state index in [9.17, 15) is 4.79 Å². The Morgan fingerprint density at radius 3 is 2.67 bits per heavy atom. The highest BCUT2D eigenvalue weighted by Gasteiger charge is 2.18. The summed E-state index contributed by atoms with van der Waals surface area (Å²) in [6, 6.07) is 5.08. The second-order valence-electron chi connectivity index (χ2n) is 4.98. The molecular formula is C13H17BrClNO2. The number of hydrogen-bond donors (Lipinski definition) is 2. The molecule has 0 spiro atoms. The van der Waals surface area contributed by atoms with Gasteiger partial charge in [-0.15, -0.1) is 0 Å². The van der Waals surface area contributed by atoms with Gasteiger partial charge in [0, 0.05) is 28.2 Å². The van der Waals surface area contributed by atoms with Gasteiger partial charge in [-0.1, -0.05) is 41.4 Å². The maximum absolute atomic E-state index is 11.9. The maximum Gasteiger partial charge on any atom is 0.251 e. The van der Waals surface area contributed by atoms with Crippen LogP contribution in [0.2, 0.25) is 5.02 Å². The molecule has 0 fully saturated rings. The number of amides is 1. The molecule has 100 valence electrons. The van der Waals surface area contributed by atoms with Gasteiger partial charge in [-0.3, -0.25) is 4.79 Å². The molecule has 0 saturated carbocycles. The molecule has 3 nitrogen and oxygen atoms in total. The number of carbonyl (C=O) groups is 1. The lowest BCUT2D eigenvalue weighted by molar-refractivity contribution is 0.0928. The Kier molecular flexibility index (Phi) is 5.63. The van der Waals surface area contributed by atoms with Crippen LogP contribution in [0.4, 0.5) is 0 Å². The first-order chi connectivity index (χ1) is 8.34. The summed E-state index contributed by atoms with van der Waals surface area (Å²) in [4.78, 5) is 11.9. The van der Waals surface area contributed by atoms with Crippen molar-refractivity contribution in [3.05, 3.63) is 33.3 Å². The first-order valence-electron chi connectivity index (χ1n) is 5.69. The van der Waals surface area contributed by atoms with Crippen LogP contribution in [-0.4, -0.2) is 24.2 Å². The average molecular weight is 335 g/mol. The lowest BCUT2D eigenvalue weighted by Crippen LogP contribution is -2.34. The first-order valence-corrected chi connectivity index (χ1v) is 6.86. The topological polar surface area (TPSA) is 49.3 Å². The van der Waals surface area contributed by atoms with Gasteiger partial charge in [0.1, 0.15) is 0 Å². The van der Waals surface area contributed by atoms with Crippen molar-refractivity contribution in [3.63, 3.8) is 0 Å². The van der Waals surface area contributed by atoms with Crippen LogP contribution in [0.5, 0.6) is 0 Å². The lowest BCUT2D eigenvalue weighted by atomic mass is 9.89. The number of halogens is 2. The van der Waals surface area contributed by atoms with Crippen LogP contribution in [0.1, 0.15) is 30.6 Å². The molecule has 1 rings (SSSR count). The van der Waals surface area contributed by atoms with Gasteiger partial charge in [-0.05, 0) is 30.0 Å². The maximum atomic E-state index is 11.9. The largest absolute Gasteiger partial charge is 0.396 e. The molecule has 1 aromatic carbocycles. The lowest BCUT2D eigenvalue weighted by Gasteiger charge is -2.23. The Morgan fingerprint density at radius 2 is 2.11 bits per heavy atom. The Labute approximate surface area is 121 Å². The molecule has 18 heavy (non-hydrogen) atoms. The molecule has 0 unspecified atom stereocenters. The molecule has 0 aliphatic rings. The van der Waals surface area contributed by atoms with E-state index in [0.717, 1.165) is 4.47 Å². The average Bonchev–Trinajstić information content (AvgIpc) is 2.24. The minimum Gasteiger partial charge on any atom is -0.396 e. The van der Waals surface area contributed by atoms with Gasteiger partial charge >= 0.3 is 0 Å². The minimum atomic E-state index is -0.163. The van der Waals surface area contributed by atoms with Crippen molar-refractivity contribution in [2.24, 2.45) is 5.41 Å². The molecule has 1 aromatic rings. The van der Waals surface area contributed by atoms with Crippen LogP contribution in [0.15, 0.2) is 22.7 Å². The third kappa shape index (κ3) is 4.96. The zero-order valence-electron chi connectivity index (χ0n) is 10.5. The molecule has 5 heteroatoms. The second-order valence-corrected chi connectivity index (χ2v) is 6.33. The molecule has 0 radical (unpaired) electrons. The van der Waals surface area contributed by atoms with Crippen LogP contribution in [0, 0.1) is 5.41 Å². The van der Waals surface area contributed by atoms with Crippen LogP contribution in [0.25, 0.3) is 0 Å². The normalized spacial score (nSPS) is 11.4. The van der Waals surface area contributed by atoms with Crippen LogP contribution < -0.4 is 5.32 Å². The SMILES string of the molecule is CC(C)(CCO)CNC(=O)c1cc(Cl)cc(Br)c1. The number of aliphatic hydroxyl groups excluding tert-OH is 1. The molecule has 0 heterocycles. The Hall–Kier alpha value is -0.580. The summed E-state index contributed by atoms with van der Waals surface area (Å²) in [5.41, 5.74) is 0.398. The summed E-state index contributed by atoms with van der Waals surface area (Å²) >= 11 is 9.19. The van der Waals surface area contributed by atoms with Crippen LogP contribution in [0.3, 0.4) is 0 Å². The van der Waals surface area contributed by atoms with Gasteiger partial charge < -0.3 is 10.4 Å². The van der Waals surface area contributed by atoms with E-state index in [-0.39, 0.29) is 17.9 Å². The standard InChI is InChI=1S/C13H17BrClNO2/c1-13(2,3-4-17)8-16-12(18)9-5-10(14)7-11(15)6-9/h5-7,17H,3-4,8H2,1-2H3,(H,16,18). The van der Waals surface area contributed by atoms with Gasteiger partial charge in [0.05, 0.1) is 0 Å². The van der Waals surface area contributed by atoms with Gasteiger partial charge in [-0.2, -0.15) is 0 Å². The van der Waals surface area contributed by atoms with E-state index in [1.807, 2.05) is 13.8 Å². The van der Waals surface area contributed by atoms with Gasteiger partial charge in [-0.25, -0.2) is 0 Å². The number of carbonyl (C=O) groups excluding carboxylic acids is 1. The highest BCUT2D eigenvalue weighted by molar-refractivity contribution is 9.10. The van der Waals surface area contributed by atoms with Crippen molar-refractivity contribution in [2.45, 2.75) is 20.3 Å². The minimum absolute atomic E-state index is 0.117. The van der Waals surface area contributed by atoms with Crippen molar-refractivity contribution in [1.29, 1.82) is 0 Å². The van der Waals surface area contributed by atoms with Crippen molar-refractivity contribution >= 4 is 33.4 Å². The molecule has 0 aliphatic carbocycles. The molecule has 0 aliphatic heterocycles. The quantitative estimate of drug-likeness (QED) is 0.868. The summed E-state index contributed by atoms with van der Waals surface area (Å²) in [5.74, 6) is -0.163. The Bertz CT molecular complexity index is 415. The van der Waals surface area contributed by atoms with E-state index < -0.39 is 0 Å². The van der Waals surface area contributed by atoms with E-state index in [2.05, 4.69) is 21.2 Å². The number of nitrogens with one attached hydrogen (secondary N) is 1. The molecule has 0 atom stereocenters. The fourth-order valence-corrected chi connectivity index (χ4v) is 2.36. The fourth-order valence-electron chi connectivity index (χ4n) is 1.50. The highest BCUT2D eigenvalue weighted by atomic mass is 79.9. The molecule has 1 amide bonds. The molecule has 2 N–H and O–H groups in total. The summed E-state index contributed by atoms with van der Waals surface area (Å²) in [5, 5.41) is 12.3. The van der Waals surface area contributed by atoms with Crippen LogP contribution >= 0.6 is 27.5 Å². The van der Waals surface area contributed by atoms with Gasteiger partial charge in [0.25, 0.3) is 5.91 Å². The number of benzene rings is 1. The van der Waals surface area contributed by atoms with Crippen molar-refractivity contribution in [2.75, 3.05) is 13.2 Å². The zero-order valence-corrected chi connectivity index (χ0v) is 12.8. The highest BCUT2D eigenvalue weighted by Crippen LogP contribution is 2.21. The third-order valence-electron chi connectivity index (χ3n) is 2.64. The zero-order chi connectivity index (χ0) is 13.8. The smallest absolute Gasteiger partial charge is 0.251 e. The van der Waals surface area contributed by atoms with E-state index in [1.54, 1.807) is 18.2 Å². The fraction of sp³-hybridized carbons (Fsp3) is 0.462. The molecule has 0 bridgehead atoms. The van der Waals surface area contributed by atoms with E-state index in [1.165, 1.54) is 0 Å². The van der Waals surface area contributed by atoms with E-state index in [4.69, 9.17) is 16.7 Å². The molecular weight excluding hydrogens is 318 g/mol. The third-order valence-corrected chi connectivity index (χ3v) is 3.32.